The van der Waals surface area contributed by atoms with Crippen LogP contribution in [0.25, 0.3) is 20.9 Å². The molecule has 4 nitrogen and oxygen atoms in total. The van der Waals surface area contributed by atoms with Gasteiger partial charge in [-0.05, 0) is 96.9 Å². The molecule has 2 atom stereocenters. The lowest BCUT2D eigenvalue weighted by Crippen LogP contribution is -2.35. The zero-order chi connectivity index (χ0) is 60.9. The average Bonchev–Trinajstić information content (AvgIpc) is 1.61. The van der Waals surface area contributed by atoms with E-state index in [0.29, 0.717) is 11.8 Å². The van der Waals surface area contributed by atoms with Crippen molar-refractivity contribution in [3.63, 3.8) is 0 Å². The Kier molecular flexibility index (Phi) is 32.2. The molecular weight excluding hydrogens is 1090 g/mol. The van der Waals surface area contributed by atoms with E-state index in [1.807, 2.05) is 11.3 Å². The SMILES string of the molecule is CCCCCCCCCCCCC(CCCCCCCCCC)CN1C(=O)C(c2ccc(-c3ccc(C(C)(C)C)s3)s2)=c2cc3c(cc21)=C(c1ccc(C(C)(C)C)s1)C(=O)N3CC(CCCCCCCCCC)CCCCCCCCCCCC. The van der Waals surface area contributed by atoms with Crippen LogP contribution in [0.15, 0.2) is 48.5 Å². The standard InChI is InChI=1S/C78H124N2O2S3/c1-11-15-19-23-27-31-33-37-41-45-49-61(47-43-39-35-29-25-21-17-13-3)59-79-65-58-64-66(57-63(65)73(75(79)81)69-52-51-67(83-69)68-53-55-71(84-68)77(5,6)7)80(76(82)74(64)70-54-56-72(85-70)78(8,9)10)60-62(48-44-40-36-30-26-22-18-14-4)50-46-42-38-34-32-28-24-20-16-12-2/h51-58,61-62H,11-50,59-60H2,1-10H3. The molecule has 2 aliphatic heterocycles. The highest BCUT2D eigenvalue weighted by Crippen LogP contribution is 2.42. The highest BCUT2D eigenvalue weighted by Gasteiger charge is 2.38. The smallest absolute Gasteiger partial charge is 0.260 e. The lowest BCUT2D eigenvalue weighted by molar-refractivity contribution is -0.114. The Balaban J connectivity index is 1.37. The molecule has 0 saturated heterocycles. The number of thiophene rings is 3. The van der Waals surface area contributed by atoms with Crippen LogP contribution in [0.4, 0.5) is 11.4 Å². The van der Waals surface area contributed by atoms with Crippen molar-refractivity contribution in [2.45, 2.75) is 337 Å². The van der Waals surface area contributed by atoms with Crippen molar-refractivity contribution >= 4 is 68.3 Å². The van der Waals surface area contributed by atoms with E-state index in [1.165, 1.54) is 263 Å². The summed E-state index contributed by atoms with van der Waals surface area (Å²) in [6, 6.07) is 18.3. The lowest BCUT2D eigenvalue weighted by Gasteiger charge is -2.27. The van der Waals surface area contributed by atoms with Crippen molar-refractivity contribution in [1.29, 1.82) is 0 Å². The van der Waals surface area contributed by atoms with Crippen LogP contribution in [0.5, 0.6) is 0 Å². The number of unbranched alkanes of at least 4 members (excludes halogenated alkanes) is 32. The average molecular weight is 1220 g/mol. The lowest BCUT2D eigenvalue weighted by atomic mass is 9.93. The van der Waals surface area contributed by atoms with E-state index in [1.54, 1.807) is 22.7 Å². The van der Waals surface area contributed by atoms with Gasteiger partial charge in [-0.1, -0.05) is 300 Å². The van der Waals surface area contributed by atoms with E-state index in [9.17, 15) is 0 Å². The number of carbonyl (C=O) groups excluding carboxylic acids is 2. The van der Waals surface area contributed by atoms with Crippen molar-refractivity contribution in [3.8, 4) is 9.75 Å². The Morgan fingerprint density at radius 1 is 0.329 bits per heavy atom. The van der Waals surface area contributed by atoms with Crippen LogP contribution in [-0.2, 0) is 20.4 Å². The van der Waals surface area contributed by atoms with E-state index < -0.39 is 0 Å². The van der Waals surface area contributed by atoms with Gasteiger partial charge >= 0.3 is 0 Å². The summed E-state index contributed by atoms with van der Waals surface area (Å²) in [5, 5.41) is 2.06. The predicted octanol–water partition coefficient (Wildman–Crippen LogP) is 24.1. The van der Waals surface area contributed by atoms with Crippen molar-refractivity contribution in [2.75, 3.05) is 22.9 Å². The largest absolute Gasteiger partial charge is 0.307 e. The predicted molar refractivity (Wildman–Crippen MR) is 379 cm³/mol. The second-order valence-electron chi connectivity index (χ2n) is 28.7. The highest BCUT2D eigenvalue weighted by molar-refractivity contribution is 7.23. The fourth-order valence-corrected chi connectivity index (χ4v) is 16.8. The van der Waals surface area contributed by atoms with Gasteiger partial charge in [0.1, 0.15) is 0 Å². The van der Waals surface area contributed by atoms with Gasteiger partial charge in [-0.2, -0.15) is 0 Å². The van der Waals surface area contributed by atoms with Gasteiger partial charge in [0.2, 0.25) is 0 Å². The summed E-state index contributed by atoms with van der Waals surface area (Å²) >= 11 is 5.46. The normalized spacial score (nSPS) is 14.4. The van der Waals surface area contributed by atoms with Crippen LogP contribution in [0.3, 0.4) is 0 Å². The Hall–Kier alpha value is -3.00. The number of carbonyl (C=O) groups is 2. The second kappa shape index (κ2) is 38.5. The number of hydrogen-bond acceptors (Lipinski definition) is 5. The summed E-state index contributed by atoms with van der Waals surface area (Å²) in [6.07, 6.45) is 52.5. The number of fused-ring (bicyclic) bond motifs is 2. The molecule has 2 aliphatic rings. The van der Waals surface area contributed by atoms with Crippen molar-refractivity contribution in [1.82, 2.24) is 0 Å². The molecule has 0 fully saturated rings. The van der Waals surface area contributed by atoms with Crippen molar-refractivity contribution < 1.29 is 9.59 Å². The third-order valence-electron chi connectivity index (χ3n) is 18.9. The van der Waals surface area contributed by atoms with Gasteiger partial charge in [0.15, 0.2) is 0 Å². The minimum atomic E-state index is -0.0237. The first-order valence-electron chi connectivity index (χ1n) is 36.1. The topological polar surface area (TPSA) is 40.6 Å². The van der Waals surface area contributed by atoms with Crippen LogP contribution in [0.1, 0.15) is 346 Å². The molecule has 1 aromatic carbocycles. The molecule has 2 unspecified atom stereocenters. The highest BCUT2D eigenvalue weighted by atomic mass is 32.1. The summed E-state index contributed by atoms with van der Waals surface area (Å²) in [7, 11) is 0. The molecule has 0 aliphatic carbocycles. The van der Waals surface area contributed by atoms with Gasteiger partial charge in [0, 0.05) is 52.8 Å². The Morgan fingerprint density at radius 2 is 0.576 bits per heavy atom. The third-order valence-corrected chi connectivity index (χ3v) is 23.3. The van der Waals surface area contributed by atoms with Gasteiger partial charge in [-0.25, -0.2) is 0 Å². The second-order valence-corrected chi connectivity index (χ2v) is 31.9. The molecule has 2 amide bonds. The minimum Gasteiger partial charge on any atom is -0.307 e. The van der Waals surface area contributed by atoms with E-state index in [-0.39, 0.29) is 22.6 Å². The summed E-state index contributed by atoms with van der Waals surface area (Å²) in [5.74, 6) is 1.16. The van der Waals surface area contributed by atoms with Gasteiger partial charge in [-0.15, -0.1) is 34.0 Å². The molecule has 85 heavy (non-hydrogen) atoms. The van der Waals surface area contributed by atoms with Crippen LogP contribution >= 0.6 is 34.0 Å². The zero-order valence-corrected chi connectivity index (χ0v) is 58.9. The molecule has 3 aromatic heterocycles. The molecule has 4 aromatic rings. The minimum absolute atomic E-state index is 0.0237. The maximum absolute atomic E-state index is 15.9. The number of hydrogen-bond donors (Lipinski definition) is 0. The zero-order valence-electron chi connectivity index (χ0n) is 56.4. The first kappa shape index (κ1) is 71.1. The fraction of sp³-hybridized carbons (Fsp3) is 0.718. The van der Waals surface area contributed by atoms with E-state index in [4.69, 9.17) is 0 Å². The Labute approximate surface area is 534 Å². The number of nitrogens with zero attached hydrogens (tertiary/aromatic N) is 2. The van der Waals surface area contributed by atoms with Crippen LogP contribution in [0, 0.1) is 11.8 Å². The molecule has 0 saturated carbocycles. The summed E-state index contributed by atoms with van der Waals surface area (Å²) < 4.78 is 0. The maximum Gasteiger partial charge on any atom is 0.260 e. The monoisotopic (exact) mass is 1220 g/mol. The maximum atomic E-state index is 15.9. The Bertz CT molecular complexity index is 2650. The molecule has 5 heterocycles. The van der Waals surface area contributed by atoms with E-state index >= 15 is 9.59 Å². The Morgan fingerprint density at radius 3 is 0.882 bits per heavy atom. The van der Waals surface area contributed by atoms with E-state index in [0.717, 1.165) is 68.6 Å². The van der Waals surface area contributed by atoms with Crippen molar-refractivity contribution in [3.05, 3.63) is 78.5 Å². The molecule has 6 rings (SSSR count). The van der Waals surface area contributed by atoms with E-state index in [2.05, 4.69) is 128 Å². The van der Waals surface area contributed by atoms with Crippen LogP contribution in [0.2, 0.25) is 0 Å². The number of amides is 2. The summed E-state index contributed by atoms with van der Waals surface area (Å²) in [5.41, 5.74) is 3.77. The molecule has 0 N–H and O–H groups in total. The molecule has 0 spiro atoms. The molecule has 0 bridgehead atoms. The quantitative estimate of drug-likeness (QED) is 0.0414. The molecular formula is C78H124N2O2S3. The van der Waals surface area contributed by atoms with Gasteiger partial charge in [0.25, 0.3) is 11.8 Å². The van der Waals surface area contributed by atoms with Gasteiger partial charge in [0.05, 0.1) is 22.5 Å². The first-order chi connectivity index (χ1) is 41.2. The summed E-state index contributed by atoms with van der Waals surface area (Å²) in [4.78, 5) is 43.4. The molecule has 0 radical (unpaired) electrons. The third kappa shape index (κ3) is 23.1. The van der Waals surface area contributed by atoms with Gasteiger partial charge in [-0.3, -0.25) is 9.59 Å². The number of benzene rings is 1. The summed E-state index contributed by atoms with van der Waals surface area (Å²) in [6.45, 7) is 24.5. The van der Waals surface area contributed by atoms with Crippen LogP contribution < -0.4 is 20.2 Å². The fourth-order valence-electron chi connectivity index (χ4n) is 13.5. The number of anilines is 2. The molecule has 7 heteroatoms. The van der Waals surface area contributed by atoms with Crippen LogP contribution in [-0.4, -0.2) is 24.9 Å². The van der Waals surface area contributed by atoms with Gasteiger partial charge < -0.3 is 9.80 Å². The number of rotatable bonds is 47. The first-order valence-corrected chi connectivity index (χ1v) is 38.5. The van der Waals surface area contributed by atoms with Crippen molar-refractivity contribution in [2.24, 2.45) is 11.8 Å². The molecule has 476 valence electrons.